The molecule has 0 amide bonds. The molecule has 0 fully saturated rings. The van der Waals surface area contributed by atoms with E-state index in [1.165, 1.54) is 11.4 Å². The molecule has 0 bridgehead atoms. The van der Waals surface area contributed by atoms with Gasteiger partial charge in [-0.25, -0.2) is 8.42 Å². The van der Waals surface area contributed by atoms with Crippen molar-refractivity contribution < 1.29 is 13.2 Å². The Balaban J connectivity index is 2.47. The van der Waals surface area contributed by atoms with Gasteiger partial charge in [-0.2, -0.15) is 0 Å². The molecule has 0 radical (unpaired) electrons. The first-order valence-electron chi connectivity index (χ1n) is 6.52. The predicted octanol–water partition coefficient (Wildman–Crippen LogP) is 2.49. The molecule has 0 unspecified atom stereocenters. The fourth-order valence-corrected chi connectivity index (χ4v) is 3.57. The molecule has 0 aliphatic carbocycles. The van der Waals surface area contributed by atoms with Gasteiger partial charge in [0.2, 0.25) is 0 Å². The molecular formula is C15H18N2O3S. The summed E-state index contributed by atoms with van der Waals surface area (Å²) >= 11 is 0. The van der Waals surface area contributed by atoms with Crippen LogP contribution >= 0.6 is 0 Å². The van der Waals surface area contributed by atoms with Gasteiger partial charge in [0.15, 0.2) is 0 Å². The monoisotopic (exact) mass is 306 g/mol. The Kier molecular flexibility index (Phi) is 4.37. The second-order valence-corrected chi connectivity index (χ2v) is 6.27. The Hall–Kier alpha value is -2.21. The van der Waals surface area contributed by atoms with Crippen LogP contribution in [0, 0.1) is 0 Å². The quantitative estimate of drug-likeness (QED) is 0.861. The number of nitrogens with zero attached hydrogens (tertiary/aromatic N) is 1. The zero-order valence-electron chi connectivity index (χ0n) is 12.0. The van der Waals surface area contributed by atoms with E-state index < -0.39 is 10.0 Å². The Labute approximate surface area is 125 Å². The number of nitrogens with two attached hydrogens (primary N) is 1. The molecule has 5 nitrogen and oxygen atoms in total. The first-order valence-corrected chi connectivity index (χ1v) is 7.96. The maximum absolute atomic E-state index is 12.7. The molecule has 2 rings (SSSR count). The number of methoxy groups -OCH3 is 1. The summed E-state index contributed by atoms with van der Waals surface area (Å²) in [4.78, 5) is 0.251. The first-order chi connectivity index (χ1) is 10.0. The molecule has 0 saturated heterocycles. The fourth-order valence-electron chi connectivity index (χ4n) is 2.09. The number of benzene rings is 2. The van der Waals surface area contributed by atoms with Crippen molar-refractivity contribution in [3.05, 3.63) is 48.5 Å². The van der Waals surface area contributed by atoms with Gasteiger partial charge in [-0.1, -0.05) is 18.2 Å². The summed E-state index contributed by atoms with van der Waals surface area (Å²) in [5.41, 5.74) is 6.77. The number of sulfonamides is 1. The van der Waals surface area contributed by atoms with Crippen LogP contribution in [0.15, 0.2) is 53.4 Å². The molecule has 2 aromatic rings. The van der Waals surface area contributed by atoms with Gasteiger partial charge in [-0.3, -0.25) is 4.31 Å². The van der Waals surface area contributed by atoms with E-state index in [4.69, 9.17) is 10.5 Å². The van der Waals surface area contributed by atoms with E-state index in [1.807, 2.05) is 0 Å². The number of hydrogen-bond acceptors (Lipinski definition) is 4. The maximum atomic E-state index is 12.7. The van der Waals surface area contributed by atoms with Crippen LogP contribution in [0.4, 0.5) is 11.4 Å². The Morgan fingerprint density at radius 1 is 1.14 bits per heavy atom. The smallest absolute Gasteiger partial charge is 0.264 e. The molecule has 0 atom stereocenters. The molecule has 21 heavy (non-hydrogen) atoms. The standard InChI is InChI=1S/C15H18N2O3S/c1-3-17(12-9-10-15(20-2)14(16)11-12)21(18,19)13-7-5-4-6-8-13/h4-11H,3,16H2,1-2H3. The fraction of sp³-hybridized carbons (Fsp3) is 0.200. The average Bonchev–Trinajstić information content (AvgIpc) is 2.49. The van der Waals surface area contributed by atoms with E-state index in [9.17, 15) is 8.42 Å². The topological polar surface area (TPSA) is 72.6 Å². The predicted molar refractivity (Wildman–Crippen MR) is 84.1 cm³/mol. The molecule has 2 aromatic carbocycles. The summed E-state index contributed by atoms with van der Waals surface area (Å²) in [5, 5.41) is 0. The van der Waals surface area contributed by atoms with Crippen molar-refractivity contribution >= 4 is 21.4 Å². The number of anilines is 2. The zero-order chi connectivity index (χ0) is 15.5. The molecule has 0 aliphatic rings. The second-order valence-electron chi connectivity index (χ2n) is 4.41. The van der Waals surface area contributed by atoms with Crippen molar-refractivity contribution in [2.45, 2.75) is 11.8 Å². The molecule has 0 aliphatic heterocycles. The third-order valence-corrected chi connectivity index (χ3v) is 5.04. The number of rotatable bonds is 5. The first kappa shape index (κ1) is 15.2. The molecule has 0 heterocycles. The highest BCUT2D eigenvalue weighted by Crippen LogP contribution is 2.30. The molecule has 0 saturated carbocycles. The lowest BCUT2D eigenvalue weighted by atomic mass is 10.2. The lowest BCUT2D eigenvalue weighted by Gasteiger charge is -2.23. The van der Waals surface area contributed by atoms with E-state index in [1.54, 1.807) is 55.5 Å². The van der Waals surface area contributed by atoms with E-state index in [0.29, 0.717) is 23.7 Å². The normalized spacial score (nSPS) is 11.1. The van der Waals surface area contributed by atoms with Crippen LogP contribution in [0.1, 0.15) is 6.92 Å². The van der Waals surface area contributed by atoms with Gasteiger partial charge < -0.3 is 10.5 Å². The van der Waals surface area contributed by atoms with Gasteiger partial charge in [0.05, 0.1) is 23.4 Å². The van der Waals surface area contributed by atoms with Crippen molar-refractivity contribution in [3.8, 4) is 5.75 Å². The molecule has 0 spiro atoms. The summed E-state index contributed by atoms with van der Waals surface area (Å²) in [6, 6.07) is 13.3. The third-order valence-electron chi connectivity index (χ3n) is 3.12. The van der Waals surface area contributed by atoms with Crippen molar-refractivity contribution in [2.24, 2.45) is 0 Å². The van der Waals surface area contributed by atoms with Gasteiger partial charge in [0.1, 0.15) is 5.75 Å². The van der Waals surface area contributed by atoms with Crippen LogP contribution in [-0.2, 0) is 10.0 Å². The van der Waals surface area contributed by atoms with Crippen LogP contribution in [0.3, 0.4) is 0 Å². The van der Waals surface area contributed by atoms with Crippen molar-refractivity contribution in [2.75, 3.05) is 23.7 Å². The van der Waals surface area contributed by atoms with Crippen LogP contribution in [-0.4, -0.2) is 22.1 Å². The minimum Gasteiger partial charge on any atom is -0.495 e. The highest BCUT2D eigenvalue weighted by molar-refractivity contribution is 7.92. The van der Waals surface area contributed by atoms with Crippen LogP contribution in [0.5, 0.6) is 5.75 Å². The number of nitrogen functional groups attached to an aromatic ring is 1. The molecule has 0 aromatic heterocycles. The van der Waals surface area contributed by atoms with Crippen molar-refractivity contribution in [1.29, 1.82) is 0 Å². The summed E-state index contributed by atoms with van der Waals surface area (Å²) in [7, 11) is -2.09. The highest BCUT2D eigenvalue weighted by Gasteiger charge is 2.23. The third kappa shape index (κ3) is 2.95. The lowest BCUT2D eigenvalue weighted by Crippen LogP contribution is -2.30. The van der Waals surface area contributed by atoms with Crippen LogP contribution in [0.2, 0.25) is 0 Å². The zero-order valence-corrected chi connectivity index (χ0v) is 12.8. The maximum Gasteiger partial charge on any atom is 0.264 e. The molecule has 6 heteroatoms. The summed E-state index contributed by atoms with van der Waals surface area (Å²) in [6.45, 7) is 2.09. The van der Waals surface area contributed by atoms with E-state index >= 15 is 0 Å². The SMILES string of the molecule is CCN(c1ccc(OC)c(N)c1)S(=O)(=O)c1ccccc1. The average molecular weight is 306 g/mol. The van der Waals surface area contributed by atoms with E-state index in [0.717, 1.165) is 0 Å². The van der Waals surface area contributed by atoms with Gasteiger partial charge in [0, 0.05) is 6.54 Å². The molecule has 112 valence electrons. The number of ether oxygens (including phenoxy) is 1. The largest absolute Gasteiger partial charge is 0.495 e. The van der Waals surface area contributed by atoms with Crippen molar-refractivity contribution in [3.63, 3.8) is 0 Å². The lowest BCUT2D eigenvalue weighted by molar-refractivity contribution is 0.417. The second kappa shape index (κ2) is 6.05. The Morgan fingerprint density at radius 2 is 1.81 bits per heavy atom. The van der Waals surface area contributed by atoms with Crippen LogP contribution < -0.4 is 14.8 Å². The minimum atomic E-state index is -3.60. The number of hydrogen-bond donors (Lipinski definition) is 1. The van der Waals surface area contributed by atoms with Gasteiger partial charge in [-0.15, -0.1) is 0 Å². The molecular weight excluding hydrogens is 288 g/mol. The van der Waals surface area contributed by atoms with E-state index in [-0.39, 0.29) is 4.90 Å². The Morgan fingerprint density at radius 3 is 2.33 bits per heavy atom. The van der Waals surface area contributed by atoms with Gasteiger partial charge in [-0.05, 0) is 37.3 Å². The summed E-state index contributed by atoms with van der Waals surface area (Å²) in [6.07, 6.45) is 0. The van der Waals surface area contributed by atoms with Crippen LogP contribution in [0.25, 0.3) is 0 Å². The van der Waals surface area contributed by atoms with Crippen molar-refractivity contribution in [1.82, 2.24) is 0 Å². The Bertz CT molecular complexity index is 715. The van der Waals surface area contributed by atoms with Gasteiger partial charge in [0.25, 0.3) is 10.0 Å². The minimum absolute atomic E-state index is 0.251. The molecule has 2 N–H and O–H groups in total. The van der Waals surface area contributed by atoms with Gasteiger partial charge >= 0.3 is 0 Å². The highest BCUT2D eigenvalue weighted by atomic mass is 32.2. The summed E-state index contributed by atoms with van der Waals surface area (Å²) < 4.78 is 31.8. The summed E-state index contributed by atoms with van der Waals surface area (Å²) in [5.74, 6) is 0.520. The van der Waals surface area contributed by atoms with E-state index in [2.05, 4.69) is 0 Å².